The van der Waals surface area contributed by atoms with Gasteiger partial charge in [-0.25, -0.2) is 8.42 Å². The van der Waals surface area contributed by atoms with Crippen LogP contribution < -0.4 is 19.5 Å². The molecule has 2 N–H and O–H groups in total. The van der Waals surface area contributed by atoms with Crippen LogP contribution in [0, 0.1) is 6.92 Å². The Kier molecular flexibility index (Phi) is 5.55. The first-order chi connectivity index (χ1) is 12.9. The standard InChI is InChI=1S/C19H22N2O5S/c1-13-11-17(9-10-18(13)26-12-19(22)20-14-3-4-14)27(23,24)21-15-5-7-16(25-2)8-6-15/h5-11,14,21H,3-4,12H2,1-2H3,(H,20,22). The van der Waals surface area contributed by atoms with E-state index in [0.29, 0.717) is 22.7 Å². The highest BCUT2D eigenvalue weighted by molar-refractivity contribution is 7.92. The van der Waals surface area contributed by atoms with Crippen LogP contribution in [0.25, 0.3) is 0 Å². The third-order valence-electron chi connectivity index (χ3n) is 4.10. The van der Waals surface area contributed by atoms with Gasteiger partial charge in [-0.05, 0) is 67.8 Å². The number of hydrogen-bond donors (Lipinski definition) is 2. The van der Waals surface area contributed by atoms with E-state index >= 15 is 0 Å². The Morgan fingerprint density at radius 1 is 1.15 bits per heavy atom. The van der Waals surface area contributed by atoms with E-state index in [1.54, 1.807) is 44.4 Å². The van der Waals surface area contributed by atoms with E-state index in [0.717, 1.165) is 12.8 Å². The molecule has 0 heterocycles. The van der Waals surface area contributed by atoms with Crippen molar-refractivity contribution in [1.29, 1.82) is 0 Å². The molecule has 1 fully saturated rings. The number of rotatable bonds is 8. The van der Waals surface area contributed by atoms with Crippen LogP contribution in [-0.2, 0) is 14.8 Å². The zero-order chi connectivity index (χ0) is 19.4. The fraction of sp³-hybridized carbons (Fsp3) is 0.316. The van der Waals surface area contributed by atoms with Crippen LogP contribution in [0.3, 0.4) is 0 Å². The van der Waals surface area contributed by atoms with Crippen LogP contribution in [-0.4, -0.2) is 34.1 Å². The van der Waals surface area contributed by atoms with Crippen LogP contribution in [0.4, 0.5) is 5.69 Å². The van der Waals surface area contributed by atoms with E-state index < -0.39 is 10.0 Å². The maximum absolute atomic E-state index is 12.6. The summed E-state index contributed by atoms with van der Waals surface area (Å²) in [6, 6.07) is 11.4. The van der Waals surface area contributed by atoms with Crippen LogP contribution in [0.5, 0.6) is 11.5 Å². The van der Waals surface area contributed by atoms with Crippen molar-refractivity contribution in [1.82, 2.24) is 5.32 Å². The molecule has 2 aromatic carbocycles. The third kappa shape index (κ3) is 5.13. The number of carbonyl (C=O) groups excluding carboxylic acids is 1. The van der Waals surface area contributed by atoms with Crippen molar-refractivity contribution < 1.29 is 22.7 Å². The van der Waals surface area contributed by atoms with Crippen molar-refractivity contribution in [2.24, 2.45) is 0 Å². The second kappa shape index (κ2) is 7.87. The van der Waals surface area contributed by atoms with Crippen LogP contribution >= 0.6 is 0 Å². The quantitative estimate of drug-likeness (QED) is 0.722. The van der Waals surface area contributed by atoms with Crippen LogP contribution in [0.15, 0.2) is 47.4 Å². The lowest BCUT2D eigenvalue weighted by Gasteiger charge is -2.12. The fourth-order valence-corrected chi connectivity index (χ4v) is 3.61. The zero-order valence-corrected chi connectivity index (χ0v) is 16.0. The molecule has 1 amide bonds. The molecule has 8 heteroatoms. The van der Waals surface area contributed by atoms with Gasteiger partial charge in [0.1, 0.15) is 11.5 Å². The number of anilines is 1. The molecule has 2 aromatic rings. The molecule has 0 aromatic heterocycles. The number of amides is 1. The van der Waals surface area contributed by atoms with E-state index in [2.05, 4.69) is 10.0 Å². The van der Waals surface area contributed by atoms with Crippen LogP contribution in [0.1, 0.15) is 18.4 Å². The highest BCUT2D eigenvalue weighted by atomic mass is 32.2. The molecule has 3 rings (SSSR count). The SMILES string of the molecule is COc1ccc(NS(=O)(=O)c2ccc(OCC(=O)NC3CC3)c(C)c2)cc1. The highest BCUT2D eigenvalue weighted by Gasteiger charge is 2.23. The normalized spacial score (nSPS) is 13.7. The summed E-state index contributed by atoms with van der Waals surface area (Å²) < 4.78 is 38.2. The number of aryl methyl sites for hydroxylation is 1. The second-order valence-electron chi connectivity index (χ2n) is 6.39. The lowest BCUT2D eigenvalue weighted by Crippen LogP contribution is -2.30. The van der Waals surface area contributed by atoms with Crippen molar-refractivity contribution in [2.75, 3.05) is 18.4 Å². The van der Waals surface area contributed by atoms with Gasteiger partial charge >= 0.3 is 0 Å². The molecule has 0 unspecified atom stereocenters. The van der Waals surface area contributed by atoms with Crippen molar-refractivity contribution in [3.05, 3.63) is 48.0 Å². The maximum Gasteiger partial charge on any atom is 0.261 e. The lowest BCUT2D eigenvalue weighted by atomic mass is 10.2. The molecule has 1 aliphatic carbocycles. The number of benzene rings is 2. The molecule has 0 saturated heterocycles. The molecule has 27 heavy (non-hydrogen) atoms. The van der Waals surface area contributed by atoms with Gasteiger partial charge in [0.25, 0.3) is 15.9 Å². The first-order valence-corrected chi connectivity index (χ1v) is 10.1. The lowest BCUT2D eigenvalue weighted by molar-refractivity contribution is -0.123. The Bertz CT molecular complexity index is 922. The van der Waals surface area contributed by atoms with E-state index in [4.69, 9.17) is 9.47 Å². The van der Waals surface area contributed by atoms with Gasteiger partial charge in [-0.1, -0.05) is 0 Å². The first-order valence-electron chi connectivity index (χ1n) is 8.57. The Labute approximate surface area is 158 Å². The number of nitrogens with one attached hydrogen (secondary N) is 2. The topological polar surface area (TPSA) is 93.7 Å². The third-order valence-corrected chi connectivity index (χ3v) is 5.48. The Morgan fingerprint density at radius 3 is 2.44 bits per heavy atom. The van der Waals surface area contributed by atoms with Gasteiger partial charge in [0, 0.05) is 11.7 Å². The molecule has 0 atom stereocenters. The average Bonchev–Trinajstić information content (AvgIpc) is 3.45. The van der Waals surface area contributed by atoms with E-state index in [-0.39, 0.29) is 23.5 Å². The summed E-state index contributed by atoms with van der Waals surface area (Å²) in [6.07, 6.45) is 2.02. The van der Waals surface area contributed by atoms with Crippen molar-refractivity contribution in [2.45, 2.75) is 30.7 Å². The maximum atomic E-state index is 12.6. The molecular formula is C19H22N2O5S. The number of carbonyl (C=O) groups is 1. The Balaban J connectivity index is 1.66. The van der Waals surface area contributed by atoms with Gasteiger partial charge < -0.3 is 14.8 Å². The molecule has 0 spiro atoms. The van der Waals surface area contributed by atoms with E-state index in [1.165, 1.54) is 12.1 Å². The minimum absolute atomic E-state index is 0.0897. The summed E-state index contributed by atoms with van der Waals surface area (Å²) >= 11 is 0. The molecule has 1 saturated carbocycles. The predicted molar refractivity (Wildman–Crippen MR) is 102 cm³/mol. The number of hydrogen-bond acceptors (Lipinski definition) is 5. The molecule has 0 aliphatic heterocycles. The highest BCUT2D eigenvalue weighted by Crippen LogP contribution is 2.24. The zero-order valence-electron chi connectivity index (χ0n) is 15.2. The van der Waals surface area contributed by atoms with Crippen molar-refractivity contribution in [3.8, 4) is 11.5 Å². The first kappa shape index (κ1) is 19.0. The molecule has 0 radical (unpaired) electrons. The second-order valence-corrected chi connectivity index (χ2v) is 8.07. The molecule has 1 aliphatic rings. The smallest absolute Gasteiger partial charge is 0.261 e. The largest absolute Gasteiger partial charge is 0.497 e. The van der Waals surface area contributed by atoms with Crippen LogP contribution in [0.2, 0.25) is 0 Å². The number of ether oxygens (including phenoxy) is 2. The predicted octanol–water partition coefficient (Wildman–Crippen LogP) is 2.46. The van der Waals surface area contributed by atoms with Gasteiger partial charge in [0.05, 0.1) is 12.0 Å². The van der Waals surface area contributed by atoms with Gasteiger partial charge in [-0.2, -0.15) is 0 Å². The summed E-state index contributed by atoms with van der Waals surface area (Å²) in [4.78, 5) is 11.8. The summed E-state index contributed by atoms with van der Waals surface area (Å²) in [5.74, 6) is 0.945. The molecule has 144 valence electrons. The van der Waals surface area contributed by atoms with E-state index in [9.17, 15) is 13.2 Å². The number of methoxy groups -OCH3 is 1. The Hall–Kier alpha value is -2.74. The Morgan fingerprint density at radius 2 is 1.85 bits per heavy atom. The van der Waals surface area contributed by atoms with Crippen molar-refractivity contribution >= 4 is 21.6 Å². The average molecular weight is 390 g/mol. The van der Waals surface area contributed by atoms with Crippen molar-refractivity contribution in [3.63, 3.8) is 0 Å². The fourth-order valence-electron chi connectivity index (χ4n) is 2.46. The minimum atomic E-state index is -3.74. The summed E-state index contributed by atoms with van der Waals surface area (Å²) in [5, 5.41) is 2.84. The molecular weight excluding hydrogens is 368 g/mol. The molecule has 0 bridgehead atoms. The van der Waals surface area contributed by atoms with Gasteiger partial charge in [0.15, 0.2) is 6.61 Å². The van der Waals surface area contributed by atoms with E-state index in [1.807, 2.05) is 0 Å². The minimum Gasteiger partial charge on any atom is -0.497 e. The van der Waals surface area contributed by atoms with Gasteiger partial charge in [-0.15, -0.1) is 0 Å². The summed E-state index contributed by atoms with van der Waals surface area (Å²) in [5.41, 5.74) is 1.07. The summed E-state index contributed by atoms with van der Waals surface area (Å²) in [6.45, 7) is 1.65. The monoisotopic (exact) mass is 390 g/mol. The summed E-state index contributed by atoms with van der Waals surface area (Å²) in [7, 11) is -2.19. The molecule has 7 nitrogen and oxygen atoms in total. The van der Waals surface area contributed by atoms with Gasteiger partial charge in [-0.3, -0.25) is 9.52 Å². The van der Waals surface area contributed by atoms with Gasteiger partial charge in [0.2, 0.25) is 0 Å². The number of sulfonamides is 1.